The van der Waals surface area contributed by atoms with Crippen LogP contribution >= 0.6 is 0 Å². The number of carboxylic acids is 1. The summed E-state index contributed by atoms with van der Waals surface area (Å²) in [5.74, 6) is -2.89. The minimum atomic E-state index is -4.71. The van der Waals surface area contributed by atoms with E-state index in [-0.39, 0.29) is 0 Å². The third-order valence-electron chi connectivity index (χ3n) is 2.67. The van der Waals surface area contributed by atoms with E-state index in [0.29, 0.717) is 6.92 Å². The molecule has 124 valence electrons. The molecule has 1 aromatic carbocycles. The molecule has 0 saturated heterocycles. The number of ether oxygens (including phenoxy) is 2. The van der Waals surface area contributed by atoms with Crippen molar-refractivity contribution in [1.29, 1.82) is 0 Å². The van der Waals surface area contributed by atoms with Crippen molar-refractivity contribution in [1.82, 2.24) is 0 Å². The van der Waals surface area contributed by atoms with Gasteiger partial charge < -0.3 is 14.6 Å². The van der Waals surface area contributed by atoms with Crippen LogP contribution in [0.2, 0.25) is 0 Å². The number of methoxy groups -OCH3 is 1. The highest BCUT2D eigenvalue weighted by molar-refractivity contribution is 7.90. The van der Waals surface area contributed by atoms with Crippen LogP contribution in [0.5, 0.6) is 11.5 Å². The Bertz CT molecular complexity index is 681. The fraction of sp³-hybridized carbons (Fsp3) is 0.417. The minimum absolute atomic E-state index is 0.459. The van der Waals surface area contributed by atoms with Gasteiger partial charge in [-0.1, -0.05) is 0 Å². The SMILES string of the molecule is COc1c(S(C)(=O)=O)ccc(O[C@H](C)C(F)(F)F)c1C(=O)O. The number of halogens is 3. The average molecular weight is 342 g/mol. The standard InChI is InChI=1S/C12H13F3O6S/c1-6(12(13,14)15)21-7-4-5-8(22(3,18)19)10(20-2)9(7)11(16)17/h4-6H,1-3H3,(H,16,17)/t6-/m1/s1. The third-order valence-corrected chi connectivity index (χ3v) is 3.79. The summed E-state index contributed by atoms with van der Waals surface area (Å²) < 4.78 is 70.1. The molecule has 0 bridgehead atoms. The summed E-state index contributed by atoms with van der Waals surface area (Å²) in [6.07, 6.45) is -6.17. The molecule has 1 rings (SSSR count). The molecule has 0 aromatic heterocycles. The number of hydrogen-bond acceptors (Lipinski definition) is 5. The molecule has 0 aliphatic heterocycles. The van der Waals surface area contributed by atoms with Crippen LogP contribution in [0.15, 0.2) is 17.0 Å². The van der Waals surface area contributed by atoms with Gasteiger partial charge in [-0.05, 0) is 19.1 Å². The van der Waals surface area contributed by atoms with Crippen LogP contribution in [0.4, 0.5) is 13.2 Å². The molecular weight excluding hydrogens is 329 g/mol. The number of carboxylic acid groups (broad SMARTS) is 1. The first kappa shape index (κ1) is 18.1. The first-order chi connectivity index (χ1) is 9.89. The van der Waals surface area contributed by atoms with Gasteiger partial charge in [0.1, 0.15) is 16.2 Å². The van der Waals surface area contributed by atoms with E-state index in [4.69, 9.17) is 9.84 Å². The van der Waals surface area contributed by atoms with Gasteiger partial charge in [0.2, 0.25) is 0 Å². The number of benzene rings is 1. The molecule has 0 saturated carbocycles. The highest BCUT2D eigenvalue weighted by Gasteiger charge is 2.39. The summed E-state index contributed by atoms with van der Waals surface area (Å²) in [4.78, 5) is 10.8. The topological polar surface area (TPSA) is 89.9 Å². The number of hydrogen-bond donors (Lipinski definition) is 1. The number of alkyl halides is 3. The van der Waals surface area contributed by atoms with Gasteiger partial charge in [-0.25, -0.2) is 13.2 Å². The van der Waals surface area contributed by atoms with Crippen LogP contribution in [0, 0.1) is 0 Å². The number of aromatic carboxylic acids is 1. The van der Waals surface area contributed by atoms with Crippen LogP contribution in [0.3, 0.4) is 0 Å². The monoisotopic (exact) mass is 342 g/mol. The molecule has 0 unspecified atom stereocenters. The Morgan fingerprint density at radius 2 is 1.86 bits per heavy atom. The Labute approximate surface area is 124 Å². The van der Waals surface area contributed by atoms with Gasteiger partial charge in [0.15, 0.2) is 21.7 Å². The van der Waals surface area contributed by atoms with E-state index in [9.17, 15) is 26.4 Å². The molecule has 0 amide bonds. The first-order valence-corrected chi connectivity index (χ1v) is 7.66. The molecule has 0 heterocycles. The van der Waals surface area contributed by atoms with Crippen molar-refractivity contribution in [2.45, 2.75) is 24.1 Å². The maximum absolute atomic E-state index is 12.5. The second-order valence-electron chi connectivity index (χ2n) is 4.35. The second-order valence-corrected chi connectivity index (χ2v) is 6.33. The van der Waals surface area contributed by atoms with Crippen molar-refractivity contribution in [3.8, 4) is 11.5 Å². The van der Waals surface area contributed by atoms with E-state index < -0.39 is 50.0 Å². The molecule has 6 nitrogen and oxygen atoms in total. The highest BCUT2D eigenvalue weighted by atomic mass is 32.2. The minimum Gasteiger partial charge on any atom is -0.494 e. The highest BCUT2D eigenvalue weighted by Crippen LogP contribution is 2.36. The molecule has 10 heteroatoms. The van der Waals surface area contributed by atoms with Crippen molar-refractivity contribution >= 4 is 15.8 Å². The van der Waals surface area contributed by atoms with E-state index in [1.807, 2.05) is 0 Å². The lowest BCUT2D eigenvalue weighted by atomic mass is 10.1. The van der Waals surface area contributed by atoms with E-state index in [0.717, 1.165) is 25.5 Å². The molecule has 22 heavy (non-hydrogen) atoms. The lowest BCUT2D eigenvalue weighted by molar-refractivity contribution is -0.189. The van der Waals surface area contributed by atoms with Crippen LogP contribution < -0.4 is 9.47 Å². The Kier molecular flexibility index (Phi) is 4.96. The quantitative estimate of drug-likeness (QED) is 0.882. The third kappa shape index (κ3) is 3.81. The van der Waals surface area contributed by atoms with Crippen LogP contribution in [0.1, 0.15) is 17.3 Å². The summed E-state index contributed by atoms with van der Waals surface area (Å²) in [5.41, 5.74) is -0.790. The molecule has 1 N–H and O–H groups in total. The number of carbonyl (C=O) groups is 1. The van der Waals surface area contributed by atoms with Gasteiger partial charge in [0.25, 0.3) is 0 Å². The summed E-state index contributed by atoms with van der Waals surface area (Å²) in [6, 6.07) is 1.78. The zero-order chi connectivity index (χ0) is 17.3. The molecule has 0 aliphatic carbocycles. The summed E-state index contributed by atoms with van der Waals surface area (Å²) in [6.45, 7) is 0.697. The first-order valence-electron chi connectivity index (χ1n) is 5.77. The molecular formula is C12H13F3O6S. The summed E-state index contributed by atoms with van der Waals surface area (Å²) >= 11 is 0. The van der Waals surface area contributed by atoms with Gasteiger partial charge in [-0.3, -0.25) is 0 Å². The fourth-order valence-corrected chi connectivity index (χ4v) is 2.44. The summed E-state index contributed by atoms with van der Waals surface area (Å²) in [7, 11) is -2.83. The van der Waals surface area contributed by atoms with Crippen LogP contribution in [-0.2, 0) is 9.84 Å². The molecule has 0 spiro atoms. The molecule has 1 atom stereocenters. The molecule has 0 radical (unpaired) electrons. The lowest BCUT2D eigenvalue weighted by Gasteiger charge is -2.20. The molecule has 0 aliphatic rings. The smallest absolute Gasteiger partial charge is 0.425 e. The summed E-state index contributed by atoms with van der Waals surface area (Å²) in [5, 5.41) is 9.15. The van der Waals surface area contributed by atoms with E-state index in [2.05, 4.69) is 4.74 Å². The molecule has 1 aromatic rings. The fourth-order valence-electron chi connectivity index (χ4n) is 1.60. The van der Waals surface area contributed by atoms with Gasteiger partial charge in [-0.15, -0.1) is 0 Å². The van der Waals surface area contributed by atoms with Crippen molar-refractivity contribution in [2.75, 3.05) is 13.4 Å². The van der Waals surface area contributed by atoms with Gasteiger partial charge in [0.05, 0.1) is 7.11 Å². The van der Waals surface area contributed by atoms with E-state index in [1.54, 1.807) is 0 Å². The largest absolute Gasteiger partial charge is 0.494 e. The maximum atomic E-state index is 12.5. The molecule has 0 fully saturated rings. The van der Waals surface area contributed by atoms with Crippen LogP contribution in [-0.4, -0.2) is 45.1 Å². The lowest BCUT2D eigenvalue weighted by Crippen LogP contribution is -2.31. The Morgan fingerprint density at radius 1 is 1.32 bits per heavy atom. The van der Waals surface area contributed by atoms with E-state index in [1.165, 1.54) is 0 Å². The van der Waals surface area contributed by atoms with E-state index >= 15 is 0 Å². The van der Waals surface area contributed by atoms with Gasteiger partial charge in [0, 0.05) is 6.26 Å². The van der Waals surface area contributed by atoms with Crippen molar-refractivity contribution < 1.29 is 41.0 Å². The van der Waals surface area contributed by atoms with Crippen LogP contribution in [0.25, 0.3) is 0 Å². The second kappa shape index (κ2) is 6.03. The van der Waals surface area contributed by atoms with Gasteiger partial charge in [-0.2, -0.15) is 13.2 Å². The maximum Gasteiger partial charge on any atom is 0.425 e. The predicted octanol–water partition coefficient (Wildman–Crippen LogP) is 2.13. The van der Waals surface area contributed by atoms with Crippen molar-refractivity contribution in [2.24, 2.45) is 0 Å². The van der Waals surface area contributed by atoms with Gasteiger partial charge >= 0.3 is 12.1 Å². The van der Waals surface area contributed by atoms with Crippen molar-refractivity contribution in [3.63, 3.8) is 0 Å². The number of sulfone groups is 1. The zero-order valence-corrected chi connectivity index (χ0v) is 12.6. The normalized spacial score (nSPS) is 13.5. The average Bonchev–Trinajstić information content (AvgIpc) is 2.34. The number of rotatable bonds is 5. The van der Waals surface area contributed by atoms with Crippen molar-refractivity contribution in [3.05, 3.63) is 17.7 Å². The Hall–Kier alpha value is -1.97. The predicted molar refractivity (Wildman–Crippen MR) is 69.2 cm³/mol. The Morgan fingerprint density at radius 3 is 2.23 bits per heavy atom. The Balaban J connectivity index is 3.52. The zero-order valence-electron chi connectivity index (χ0n) is 11.8.